The minimum atomic E-state index is -1.16. The third-order valence-corrected chi connectivity index (χ3v) is 5.21. The molecule has 0 radical (unpaired) electrons. The predicted molar refractivity (Wildman–Crippen MR) is 99.9 cm³/mol. The van der Waals surface area contributed by atoms with Crippen LogP contribution in [-0.4, -0.2) is 26.5 Å². The zero-order chi connectivity index (χ0) is 18.9. The van der Waals surface area contributed by atoms with E-state index in [-0.39, 0.29) is 5.56 Å². The van der Waals surface area contributed by atoms with Crippen molar-refractivity contribution in [3.63, 3.8) is 0 Å². The van der Waals surface area contributed by atoms with Gasteiger partial charge in [-0.1, -0.05) is 23.7 Å². The molecule has 6 nitrogen and oxygen atoms in total. The van der Waals surface area contributed by atoms with Crippen molar-refractivity contribution in [1.29, 1.82) is 0 Å². The Morgan fingerprint density at radius 1 is 1.20 bits per heavy atom. The molecule has 0 aliphatic heterocycles. The summed E-state index contributed by atoms with van der Waals surface area (Å²) in [6.45, 7) is 4.78. The lowest BCUT2D eigenvalue weighted by Crippen LogP contribution is -2.43. The molecule has 1 heterocycles. The fraction of sp³-hybridized carbons (Fsp3) is 0.353. The molecule has 0 spiro atoms. The van der Waals surface area contributed by atoms with Crippen LogP contribution in [0.4, 0.5) is 0 Å². The monoisotopic (exact) mass is 382 g/mol. The number of rotatable bonds is 5. The summed E-state index contributed by atoms with van der Waals surface area (Å²) in [7, 11) is 0. The predicted octanol–water partition coefficient (Wildman–Crippen LogP) is 3.28. The van der Waals surface area contributed by atoms with Crippen LogP contribution in [0, 0.1) is 0 Å². The summed E-state index contributed by atoms with van der Waals surface area (Å²) >= 11 is 7.84. The summed E-state index contributed by atoms with van der Waals surface area (Å²) in [4.78, 5) is 37.6. The highest BCUT2D eigenvalue weighted by molar-refractivity contribution is 7.98. The molecule has 0 saturated heterocycles. The Morgan fingerprint density at radius 2 is 1.84 bits per heavy atom. The number of carbonyl (C=O) groups is 1. The van der Waals surface area contributed by atoms with Crippen LogP contribution in [0.3, 0.4) is 0 Å². The number of halogens is 1. The van der Waals surface area contributed by atoms with Crippen molar-refractivity contribution < 1.29 is 9.90 Å². The lowest BCUT2D eigenvalue weighted by atomic mass is 10.1. The Morgan fingerprint density at radius 3 is 2.36 bits per heavy atom. The minimum absolute atomic E-state index is 0.197. The second kappa shape index (κ2) is 7.49. The molecule has 8 heteroatoms. The second-order valence-corrected chi connectivity index (χ2v) is 7.06. The van der Waals surface area contributed by atoms with Gasteiger partial charge in [0.2, 0.25) is 0 Å². The lowest BCUT2D eigenvalue weighted by molar-refractivity contribution is -0.140. The summed E-state index contributed by atoms with van der Waals surface area (Å²) in [5, 5.41) is 9.68. The number of thioether (sulfide) groups is 1. The normalized spacial score (nSPS) is 12.4. The van der Waals surface area contributed by atoms with Crippen molar-refractivity contribution >= 4 is 29.3 Å². The molecule has 2 aromatic rings. The first-order chi connectivity index (χ1) is 11.7. The van der Waals surface area contributed by atoms with Gasteiger partial charge in [0.25, 0.3) is 5.56 Å². The van der Waals surface area contributed by atoms with Gasteiger partial charge in [0.15, 0.2) is 0 Å². The van der Waals surface area contributed by atoms with Gasteiger partial charge in [-0.05, 0) is 33.1 Å². The van der Waals surface area contributed by atoms with Gasteiger partial charge in [-0.25, -0.2) is 9.59 Å². The Bertz CT molecular complexity index is 933. The van der Waals surface area contributed by atoms with Crippen LogP contribution in [0.5, 0.6) is 0 Å². The average Bonchev–Trinajstić information content (AvgIpc) is 2.55. The van der Waals surface area contributed by atoms with E-state index in [0.717, 1.165) is 14.0 Å². The maximum Gasteiger partial charge on any atom is 0.332 e. The van der Waals surface area contributed by atoms with Gasteiger partial charge in [0.05, 0.1) is 10.6 Å². The van der Waals surface area contributed by atoms with E-state index < -0.39 is 29.3 Å². The SMILES string of the molecule is CSc1cccc(-c2cn(C(C)C(=O)O)c(=O)n(C(C)C)c2=O)c1Cl. The molecule has 0 saturated carbocycles. The van der Waals surface area contributed by atoms with Gasteiger partial charge in [-0.3, -0.25) is 13.9 Å². The zero-order valence-corrected chi connectivity index (χ0v) is 15.9. The van der Waals surface area contributed by atoms with Crippen LogP contribution >= 0.6 is 23.4 Å². The largest absolute Gasteiger partial charge is 0.480 e. The molecule has 0 bridgehead atoms. The van der Waals surface area contributed by atoms with Gasteiger partial charge >= 0.3 is 11.7 Å². The number of carboxylic acid groups (broad SMARTS) is 1. The molecule has 1 unspecified atom stereocenters. The molecular weight excluding hydrogens is 364 g/mol. The fourth-order valence-electron chi connectivity index (χ4n) is 2.50. The smallest absolute Gasteiger partial charge is 0.332 e. The topological polar surface area (TPSA) is 81.3 Å². The van der Waals surface area contributed by atoms with Crippen molar-refractivity contribution in [3.8, 4) is 11.1 Å². The fourth-order valence-corrected chi connectivity index (χ4v) is 3.47. The van der Waals surface area contributed by atoms with Crippen molar-refractivity contribution in [3.05, 3.63) is 50.3 Å². The van der Waals surface area contributed by atoms with E-state index in [0.29, 0.717) is 10.6 Å². The van der Waals surface area contributed by atoms with E-state index >= 15 is 0 Å². The van der Waals surface area contributed by atoms with Crippen LogP contribution < -0.4 is 11.2 Å². The highest BCUT2D eigenvalue weighted by Gasteiger charge is 2.22. The van der Waals surface area contributed by atoms with Crippen LogP contribution in [0.2, 0.25) is 5.02 Å². The Balaban J connectivity index is 2.90. The van der Waals surface area contributed by atoms with Crippen molar-refractivity contribution in [2.24, 2.45) is 0 Å². The number of aromatic nitrogens is 2. The van der Waals surface area contributed by atoms with Crippen LogP contribution in [-0.2, 0) is 4.79 Å². The van der Waals surface area contributed by atoms with Gasteiger partial charge in [-0.15, -0.1) is 11.8 Å². The van der Waals surface area contributed by atoms with E-state index in [1.54, 1.807) is 26.0 Å². The molecule has 0 fully saturated rings. The molecule has 0 amide bonds. The standard InChI is InChI=1S/C17H19ClN2O4S/c1-9(2)20-15(21)12(8-19(17(20)24)10(3)16(22)23)11-6-5-7-13(25-4)14(11)18/h5-10H,1-4H3,(H,22,23). The first kappa shape index (κ1) is 19.3. The van der Waals surface area contributed by atoms with Gasteiger partial charge in [0, 0.05) is 22.7 Å². The van der Waals surface area contributed by atoms with Crippen LogP contribution in [0.1, 0.15) is 32.9 Å². The summed E-state index contributed by atoms with van der Waals surface area (Å²) in [5.41, 5.74) is -0.480. The van der Waals surface area contributed by atoms with Gasteiger partial charge < -0.3 is 5.11 Å². The molecule has 1 N–H and O–H groups in total. The maximum absolute atomic E-state index is 12.9. The number of aliphatic carboxylic acids is 1. The summed E-state index contributed by atoms with van der Waals surface area (Å²) in [5.74, 6) is -1.16. The number of carboxylic acids is 1. The molecule has 134 valence electrons. The first-order valence-corrected chi connectivity index (χ1v) is 9.24. The van der Waals surface area contributed by atoms with Crippen molar-refractivity contribution in [2.75, 3.05) is 6.26 Å². The molecule has 0 aliphatic rings. The second-order valence-electron chi connectivity index (χ2n) is 5.84. The number of benzene rings is 1. The van der Waals surface area contributed by atoms with E-state index in [4.69, 9.17) is 11.6 Å². The lowest BCUT2D eigenvalue weighted by Gasteiger charge is -2.18. The molecule has 1 aromatic carbocycles. The molecule has 0 aliphatic carbocycles. The molecule has 2 rings (SSSR count). The van der Waals surface area contributed by atoms with E-state index in [2.05, 4.69) is 0 Å². The van der Waals surface area contributed by atoms with Crippen LogP contribution in [0.25, 0.3) is 11.1 Å². The first-order valence-electron chi connectivity index (χ1n) is 7.64. The molecule has 25 heavy (non-hydrogen) atoms. The zero-order valence-electron chi connectivity index (χ0n) is 14.3. The number of nitrogens with zero attached hydrogens (tertiary/aromatic N) is 2. The van der Waals surface area contributed by atoms with E-state index in [1.807, 2.05) is 12.3 Å². The van der Waals surface area contributed by atoms with Gasteiger partial charge in [0.1, 0.15) is 6.04 Å². The number of hydrogen-bond acceptors (Lipinski definition) is 4. The van der Waals surface area contributed by atoms with Crippen molar-refractivity contribution in [2.45, 2.75) is 37.8 Å². The van der Waals surface area contributed by atoms with Gasteiger partial charge in [-0.2, -0.15) is 0 Å². The third kappa shape index (κ3) is 3.52. The highest BCUT2D eigenvalue weighted by atomic mass is 35.5. The third-order valence-electron chi connectivity index (χ3n) is 3.91. The summed E-state index contributed by atoms with van der Waals surface area (Å²) in [6.07, 6.45) is 3.15. The van der Waals surface area contributed by atoms with E-state index in [9.17, 15) is 19.5 Å². The number of hydrogen-bond donors (Lipinski definition) is 1. The highest BCUT2D eigenvalue weighted by Crippen LogP contribution is 2.33. The average molecular weight is 383 g/mol. The maximum atomic E-state index is 12.9. The molecule has 1 aromatic heterocycles. The van der Waals surface area contributed by atoms with Crippen LogP contribution in [0.15, 0.2) is 38.9 Å². The molecule has 1 atom stereocenters. The summed E-state index contributed by atoms with van der Waals surface area (Å²) < 4.78 is 2.11. The summed E-state index contributed by atoms with van der Waals surface area (Å²) in [6, 6.07) is 3.74. The minimum Gasteiger partial charge on any atom is -0.480 e. The van der Waals surface area contributed by atoms with E-state index in [1.165, 1.54) is 24.9 Å². The Hall–Kier alpha value is -1.99. The quantitative estimate of drug-likeness (QED) is 0.802. The molecular formula is C17H19ClN2O4S. The van der Waals surface area contributed by atoms with Crippen molar-refractivity contribution in [1.82, 2.24) is 9.13 Å². The Kier molecular flexibility index (Phi) is 5.80. The Labute approximate surface area is 154 Å².